The molecule has 0 saturated heterocycles. The SMILES string of the molecule is COCCn1c(O)c(-c2ccccc2)c(=O)[nH]c1=O. The summed E-state index contributed by atoms with van der Waals surface area (Å²) in [5.41, 5.74) is -0.634. The quantitative estimate of drug-likeness (QED) is 0.843. The Balaban J connectivity index is 2.62. The van der Waals surface area contributed by atoms with Gasteiger partial charge in [0.2, 0.25) is 5.88 Å². The highest BCUT2D eigenvalue weighted by atomic mass is 16.5. The lowest BCUT2D eigenvalue weighted by Crippen LogP contribution is -2.32. The van der Waals surface area contributed by atoms with Crippen molar-refractivity contribution < 1.29 is 9.84 Å². The van der Waals surface area contributed by atoms with E-state index in [0.717, 1.165) is 4.57 Å². The normalized spacial score (nSPS) is 10.6. The van der Waals surface area contributed by atoms with Crippen LogP contribution in [0, 0.1) is 0 Å². The number of aromatic hydroxyl groups is 1. The van der Waals surface area contributed by atoms with E-state index in [1.54, 1.807) is 30.3 Å². The molecule has 100 valence electrons. The Morgan fingerprint density at radius 1 is 1.26 bits per heavy atom. The van der Waals surface area contributed by atoms with Crippen molar-refractivity contribution in [1.82, 2.24) is 9.55 Å². The number of nitrogens with zero attached hydrogens (tertiary/aromatic N) is 1. The van der Waals surface area contributed by atoms with E-state index in [9.17, 15) is 14.7 Å². The zero-order chi connectivity index (χ0) is 13.8. The molecule has 2 N–H and O–H groups in total. The summed E-state index contributed by atoms with van der Waals surface area (Å²) in [6.07, 6.45) is 0. The van der Waals surface area contributed by atoms with Gasteiger partial charge in [0.25, 0.3) is 5.56 Å². The van der Waals surface area contributed by atoms with Crippen LogP contribution >= 0.6 is 0 Å². The molecule has 0 saturated carbocycles. The molecule has 2 aromatic rings. The van der Waals surface area contributed by atoms with E-state index in [-0.39, 0.29) is 24.6 Å². The summed E-state index contributed by atoms with van der Waals surface area (Å²) in [6.45, 7) is 0.422. The third kappa shape index (κ3) is 2.58. The smallest absolute Gasteiger partial charge is 0.331 e. The van der Waals surface area contributed by atoms with Gasteiger partial charge in [0.15, 0.2) is 0 Å². The Morgan fingerprint density at radius 3 is 2.58 bits per heavy atom. The van der Waals surface area contributed by atoms with Gasteiger partial charge in [-0.05, 0) is 5.56 Å². The number of methoxy groups -OCH3 is 1. The van der Waals surface area contributed by atoms with Crippen LogP contribution in [-0.2, 0) is 11.3 Å². The summed E-state index contributed by atoms with van der Waals surface area (Å²) < 4.78 is 5.95. The third-order valence-corrected chi connectivity index (χ3v) is 2.75. The van der Waals surface area contributed by atoms with Gasteiger partial charge in [-0.1, -0.05) is 30.3 Å². The molecule has 0 aliphatic carbocycles. The molecule has 0 atom stereocenters. The molecule has 0 amide bonds. The van der Waals surface area contributed by atoms with Gasteiger partial charge in [-0.3, -0.25) is 14.3 Å². The van der Waals surface area contributed by atoms with Gasteiger partial charge >= 0.3 is 5.69 Å². The maximum Gasteiger partial charge on any atom is 0.331 e. The molecule has 1 aromatic carbocycles. The average Bonchev–Trinajstić information content (AvgIpc) is 2.39. The van der Waals surface area contributed by atoms with Crippen molar-refractivity contribution in [3.8, 4) is 17.0 Å². The van der Waals surface area contributed by atoms with Crippen molar-refractivity contribution in [2.75, 3.05) is 13.7 Å². The molecular formula is C13H14N2O4. The molecule has 6 heteroatoms. The Labute approximate surface area is 108 Å². The molecule has 2 rings (SSSR count). The van der Waals surface area contributed by atoms with Crippen LogP contribution < -0.4 is 11.2 Å². The van der Waals surface area contributed by atoms with Crippen LogP contribution in [-0.4, -0.2) is 28.4 Å². The molecule has 0 aliphatic heterocycles. The fraction of sp³-hybridized carbons (Fsp3) is 0.231. The molecule has 0 fully saturated rings. The van der Waals surface area contributed by atoms with Crippen molar-refractivity contribution in [2.45, 2.75) is 6.54 Å². The predicted molar refractivity (Wildman–Crippen MR) is 70.3 cm³/mol. The molecule has 19 heavy (non-hydrogen) atoms. The van der Waals surface area contributed by atoms with Crippen LogP contribution in [0.25, 0.3) is 11.1 Å². The summed E-state index contributed by atoms with van der Waals surface area (Å²) in [5.74, 6) is -0.350. The lowest BCUT2D eigenvalue weighted by molar-refractivity contribution is 0.182. The Hall–Kier alpha value is -2.34. The lowest BCUT2D eigenvalue weighted by atomic mass is 10.1. The average molecular weight is 262 g/mol. The first-order valence-corrected chi connectivity index (χ1v) is 5.75. The first-order chi connectivity index (χ1) is 9.15. The Morgan fingerprint density at radius 2 is 1.95 bits per heavy atom. The summed E-state index contributed by atoms with van der Waals surface area (Å²) in [4.78, 5) is 25.7. The van der Waals surface area contributed by atoms with Crippen molar-refractivity contribution >= 4 is 0 Å². The van der Waals surface area contributed by atoms with Crippen molar-refractivity contribution in [3.63, 3.8) is 0 Å². The largest absolute Gasteiger partial charge is 0.494 e. The van der Waals surface area contributed by atoms with Gasteiger partial charge < -0.3 is 9.84 Å². The van der Waals surface area contributed by atoms with Crippen LogP contribution in [0.1, 0.15) is 0 Å². The third-order valence-electron chi connectivity index (χ3n) is 2.75. The number of hydrogen-bond acceptors (Lipinski definition) is 4. The standard InChI is InChI=1S/C13H14N2O4/c1-19-8-7-15-12(17)10(11(16)14-13(15)18)9-5-3-2-4-6-9/h2-6,17H,7-8H2,1H3,(H,14,16,18). The van der Waals surface area contributed by atoms with Crippen LogP contribution in [0.4, 0.5) is 0 Å². The number of rotatable bonds is 4. The summed E-state index contributed by atoms with van der Waals surface area (Å²) in [7, 11) is 1.49. The van der Waals surface area contributed by atoms with Gasteiger partial charge in [-0.25, -0.2) is 4.79 Å². The molecule has 0 unspecified atom stereocenters. The minimum atomic E-state index is -0.653. The number of hydrogen-bond donors (Lipinski definition) is 2. The molecule has 0 bridgehead atoms. The van der Waals surface area contributed by atoms with Crippen molar-refractivity contribution in [3.05, 3.63) is 51.2 Å². The van der Waals surface area contributed by atoms with E-state index in [1.165, 1.54) is 7.11 Å². The van der Waals surface area contributed by atoms with Crippen LogP contribution in [0.15, 0.2) is 39.9 Å². The van der Waals surface area contributed by atoms with Gasteiger partial charge in [-0.15, -0.1) is 0 Å². The molecule has 6 nitrogen and oxygen atoms in total. The molecule has 0 spiro atoms. The van der Waals surface area contributed by atoms with Gasteiger partial charge in [0, 0.05) is 7.11 Å². The van der Waals surface area contributed by atoms with Crippen molar-refractivity contribution in [1.29, 1.82) is 0 Å². The maximum atomic E-state index is 11.8. The second kappa shape index (κ2) is 5.53. The fourth-order valence-corrected chi connectivity index (χ4v) is 1.81. The summed E-state index contributed by atoms with van der Waals surface area (Å²) in [5, 5.41) is 10.1. The number of benzene rings is 1. The molecule has 0 aliphatic rings. The van der Waals surface area contributed by atoms with E-state index in [2.05, 4.69) is 4.98 Å². The minimum Gasteiger partial charge on any atom is -0.494 e. The first-order valence-electron chi connectivity index (χ1n) is 5.75. The number of nitrogens with one attached hydrogen (secondary N) is 1. The highest BCUT2D eigenvalue weighted by molar-refractivity contribution is 5.67. The van der Waals surface area contributed by atoms with Crippen molar-refractivity contribution in [2.24, 2.45) is 0 Å². The maximum absolute atomic E-state index is 11.8. The fourth-order valence-electron chi connectivity index (χ4n) is 1.81. The van der Waals surface area contributed by atoms with Crippen LogP contribution in [0.2, 0.25) is 0 Å². The second-order valence-electron chi connectivity index (χ2n) is 3.97. The van der Waals surface area contributed by atoms with Crippen LogP contribution in [0.5, 0.6) is 5.88 Å². The van der Waals surface area contributed by atoms with Gasteiger partial charge in [0.1, 0.15) is 5.56 Å². The monoisotopic (exact) mass is 262 g/mol. The first kappa shape index (κ1) is 13.1. The Bertz CT molecular complexity index is 673. The zero-order valence-electron chi connectivity index (χ0n) is 10.4. The topological polar surface area (TPSA) is 84.3 Å². The zero-order valence-corrected chi connectivity index (χ0v) is 10.4. The number of aromatic nitrogens is 2. The minimum absolute atomic E-state index is 0.0799. The Kier molecular flexibility index (Phi) is 3.82. The van der Waals surface area contributed by atoms with Gasteiger partial charge in [0.05, 0.1) is 13.2 Å². The van der Waals surface area contributed by atoms with E-state index >= 15 is 0 Å². The number of H-pyrrole nitrogens is 1. The van der Waals surface area contributed by atoms with E-state index in [1.807, 2.05) is 0 Å². The van der Waals surface area contributed by atoms with Gasteiger partial charge in [-0.2, -0.15) is 0 Å². The molecule has 0 radical (unpaired) electrons. The summed E-state index contributed by atoms with van der Waals surface area (Å²) >= 11 is 0. The molecular weight excluding hydrogens is 248 g/mol. The van der Waals surface area contributed by atoms with E-state index < -0.39 is 11.2 Å². The summed E-state index contributed by atoms with van der Waals surface area (Å²) in [6, 6.07) is 8.68. The van der Waals surface area contributed by atoms with Crippen LogP contribution in [0.3, 0.4) is 0 Å². The highest BCUT2D eigenvalue weighted by Gasteiger charge is 2.15. The highest BCUT2D eigenvalue weighted by Crippen LogP contribution is 2.23. The molecule has 1 aromatic heterocycles. The van der Waals surface area contributed by atoms with E-state index in [0.29, 0.717) is 5.56 Å². The van der Waals surface area contributed by atoms with E-state index in [4.69, 9.17) is 4.74 Å². The predicted octanol–water partition coefficient (Wildman–Crippen LogP) is 0.556. The lowest BCUT2D eigenvalue weighted by Gasteiger charge is -2.10. The molecule has 1 heterocycles. The second-order valence-corrected chi connectivity index (χ2v) is 3.97. The number of aromatic amines is 1. The number of ether oxygens (including phenoxy) is 1.